The maximum absolute atomic E-state index is 11.6. The average Bonchev–Trinajstić information content (AvgIpc) is 2.20. The summed E-state index contributed by atoms with van der Waals surface area (Å²) in [5.74, 6) is 0.648. The highest BCUT2D eigenvalue weighted by atomic mass is 16.1. The molecule has 2 heteroatoms. The van der Waals surface area contributed by atoms with Crippen molar-refractivity contribution in [1.29, 1.82) is 0 Å². The lowest BCUT2D eigenvalue weighted by atomic mass is 9.96. The molecular weight excluding hydrogens is 174 g/mol. The van der Waals surface area contributed by atoms with Crippen LogP contribution < -0.4 is 5.73 Å². The molecule has 0 saturated heterocycles. The number of unbranched alkanes of at least 4 members (excludes halogenated alkanes) is 3. The van der Waals surface area contributed by atoms with Gasteiger partial charge in [-0.15, -0.1) is 0 Å². The minimum atomic E-state index is 0.222. The van der Waals surface area contributed by atoms with Gasteiger partial charge in [-0.3, -0.25) is 4.79 Å². The molecule has 0 radical (unpaired) electrons. The van der Waals surface area contributed by atoms with E-state index in [9.17, 15) is 4.79 Å². The molecule has 0 fully saturated rings. The molecule has 0 aromatic heterocycles. The number of carbonyl (C=O) groups excluding carboxylic acids is 1. The summed E-state index contributed by atoms with van der Waals surface area (Å²) in [4.78, 5) is 11.6. The summed E-state index contributed by atoms with van der Waals surface area (Å²) in [5.41, 5.74) is 5.41. The van der Waals surface area contributed by atoms with E-state index in [-0.39, 0.29) is 5.92 Å². The molecule has 0 aromatic rings. The van der Waals surface area contributed by atoms with E-state index in [1.807, 2.05) is 6.92 Å². The van der Waals surface area contributed by atoms with Gasteiger partial charge in [0.15, 0.2) is 0 Å². The van der Waals surface area contributed by atoms with Crippen molar-refractivity contribution < 1.29 is 4.79 Å². The number of carbonyl (C=O) groups is 1. The van der Waals surface area contributed by atoms with E-state index in [0.717, 1.165) is 25.7 Å². The molecule has 0 saturated carbocycles. The van der Waals surface area contributed by atoms with E-state index < -0.39 is 0 Å². The first-order chi connectivity index (χ1) is 6.72. The molecular formula is C12H25NO. The molecule has 0 spiro atoms. The molecule has 2 nitrogen and oxygen atoms in total. The van der Waals surface area contributed by atoms with Crippen LogP contribution in [0.15, 0.2) is 0 Å². The van der Waals surface area contributed by atoms with Gasteiger partial charge in [0, 0.05) is 12.3 Å². The second-order valence-corrected chi connectivity index (χ2v) is 4.11. The largest absolute Gasteiger partial charge is 0.330 e. The standard InChI is InChI=1S/C12H25NO/c1-3-4-5-6-9-12(14)11(2)8-7-10-13/h11H,3-10,13H2,1-2H3. The van der Waals surface area contributed by atoms with Gasteiger partial charge >= 0.3 is 0 Å². The highest BCUT2D eigenvalue weighted by Crippen LogP contribution is 2.12. The Morgan fingerprint density at radius 3 is 2.50 bits per heavy atom. The van der Waals surface area contributed by atoms with Gasteiger partial charge in [0.25, 0.3) is 0 Å². The molecule has 0 aliphatic rings. The van der Waals surface area contributed by atoms with Crippen molar-refractivity contribution >= 4 is 5.78 Å². The number of hydrogen-bond donors (Lipinski definition) is 1. The lowest BCUT2D eigenvalue weighted by molar-refractivity contribution is -0.122. The lowest BCUT2D eigenvalue weighted by Gasteiger charge is -2.08. The molecule has 1 atom stereocenters. The lowest BCUT2D eigenvalue weighted by Crippen LogP contribution is -2.12. The Kier molecular flexibility index (Phi) is 8.95. The van der Waals surface area contributed by atoms with Crippen LogP contribution in [0, 0.1) is 5.92 Å². The van der Waals surface area contributed by atoms with Crippen LogP contribution in [0.25, 0.3) is 0 Å². The van der Waals surface area contributed by atoms with E-state index in [1.54, 1.807) is 0 Å². The summed E-state index contributed by atoms with van der Waals surface area (Å²) < 4.78 is 0. The first-order valence-electron chi connectivity index (χ1n) is 5.95. The fourth-order valence-electron chi connectivity index (χ4n) is 1.56. The van der Waals surface area contributed by atoms with Gasteiger partial charge in [0.05, 0.1) is 0 Å². The molecule has 2 N–H and O–H groups in total. The van der Waals surface area contributed by atoms with E-state index in [4.69, 9.17) is 5.73 Å². The molecule has 0 aliphatic heterocycles. The highest BCUT2D eigenvalue weighted by Gasteiger charge is 2.11. The fraction of sp³-hybridized carbons (Fsp3) is 0.917. The number of ketones is 1. The van der Waals surface area contributed by atoms with Gasteiger partial charge in [-0.1, -0.05) is 33.1 Å². The summed E-state index contributed by atoms with van der Waals surface area (Å²) in [6.45, 7) is 4.91. The van der Waals surface area contributed by atoms with Gasteiger partial charge < -0.3 is 5.73 Å². The van der Waals surface area contributed by atoms with Crippen LogP contribution >= 0.6 is 0 Å². The molecule has 84 valence electrons. The quantitative estimate of drug-likeness (QED) is 0.580. The van der Waals surface area contributed by atoms with Crippen LogP contribution in [-0.2, 0) is 4.79 Å². The highest BCUT2D eigenvalue weighted by molar-refractivity contribution is 5.80. The van der Waals surface area contributed by atoms with Gasteiger partial charge in [-0.2, -0.15) is 0 Å². The SMILES string of the molecule is CCCCCCC(=O)C(C)CCCN. The van der Waals surface area contributed by atoms with Crippen molar-refractivity contribution in [2.75, 3.05) is 6.54 Å². The number of Topliss-reactive ketones (excluding diaryl/α,β-unsaturated/α-hetero) is 1. The zero-order chi connectivity index (χ0) is 10.8. The van der Waals surface area contributed by atoms with Crippen molar-refractivity contribution in [3.8, 4) is 0 Å². The molecule has 0 bridgehead atoms. The number of nitrogens with two attached hydrogens (primary N) is 1. The van der Waals surface area contributed by atoms with Gasteiger partial charge in [-0.25, -0.2) is 0 Å². The van der Waals surface area contributed by atoms with Crippen molar-refractivity contribution in [3.05, 3.63) is 0 Å². The monoisotopic (exact) mass is 199 g/mol. The summed E-state index contributed by atoms with van der Waals surface area (Å²) in [7, 11) is 0. The van der Waals surface area contributed by atoms with Crippen LogP contribution in [0.3, 0.4) is 0 Å². The third-order valence-electron chi connectivity index (χ3n) is 2.67. The van der Waals surface area contributed by atoms with Crippen LogP contribution in [-0.4, -0.2) is 12.3 Å². The third-order valence-corrected chi connectivity index (χ3v) is 2.67. The van der Waals surface area contributed by atoms with Crippen LogP contribution in [0.4, 0.5) is 0 Å². The third kappa shape index (κ3) is 7.07. The molecule has 0 amide bonds. The average molecular weight is 199 g/mol. The second kappa shape index (κ2) is 9.20. The summed E-state index contributed by atoms with van der Waals surface area (Å²) in [6.07, 6.45) is 7.46. The molecule has 0 rings (SSSR count). The molecule has 0 aromatic carbocycles. The Bertz CT molecular complexity index is 145. The van der Waals surface area contributed by atoms with Gasteiger partial charge in [-0.05, 0) is 25.8 Å². The zero-order valence-corrected chi connectivity index (χ0v) is 9.72. The molecule has 0 heterocycles. The van der Waals surface area contributed by atoms with Crippen molar-refractivity contribution in [1.82, 2.24) is 0 Å². The Morgan fingerprint density at radius 2 is 1.93 bits per heavy atom. The number of rotatable bonds is 9. The summed E-state index contributed by atoms with van der Waals surface area (Å²) >= 11 is 0. The van der Waals surface area contributed by atoms with Gasteiger partial charge in [0.2, 0.25) is 0 Å². The Balaban J connectivity index is 3.42. The first-order valence-corrected chi connectivity index (χ1v) is 5.95. The molecule has 0 aliphatic carbocycles. The predicted molar refractivity (Wildman–Crippen MR) is 61.2 cm³/mol. The predicted octanol–water partition coefficient (Wildman–Crippen LogP) is 2.90. The number of hydrogen-bond acceptors (Lipinski definition) is 2. The first kappa shape index (κ1) is 13.6. The Labute approximate surface area is 88.3 Å². The van der Waals surface area contributed by atoms with E-state index in [0.29, 0.717) is 12.3 Å². The van der Waals surface area contributed by atoms with Gasteiger partial charge in [0.1, 0.15) is 5.78 Å². The van der Waals surface area contributed by atoms with E-state index in [2.05, 4.69) is 6.92 Å². The van der Waals surface area contributed by atoms with Crippen molar-refractivity contribution in [2.45, 2.75) is 58.8 Å². The maximum Gasteiger partial charge on any atom is 0.135 e. The smallest absolute Gasteiger partial charge is 0.135 e. The molecule has 14 heavy (non-hydrogen) atoms. The minimum Gasteiger partial charge on any atom is -0.330 e. The second-order valence-electron chi connectivity index (χ2n) is 4.11. The molecule has 1 unspecified atom stereocenters. The maximum atomic E-state index is 11.6. The normalized spacial score (nSPS) is 12.8. The van der Waals surface area contributed by atoms with Crippen molar-refractivity contribution in [3.63, 3.8) is 0 Å². The van der Waals surface area contributed by atoms with Crippen LogP contribution in [0.5, 0.6) is 0 Å². The van der Waals surface area contributed by atoms with Crippen LogP contribution in [0.2, 0.25) is 0 Å². The van der Waals surface area contributed by atoms with E-state index >= 15 is 0 Å². The minimum absolute atomic E-state index is 0.222. The van der Waals surface area contributed by atoms with E-state index in [1.165, 1.54) is 19.3 Å². The fourth-order valence-corrected chi connectivity index (χ4v) is 1.56. The van der Waals surface area contributed by atoms with Crippen molar-refractivity contribution in [2.24, 2.45) is 11.7 Å². The Hall–Kier alpha value is -0.370. The van der Waals surface area contributed by atoms with Crippen LogP contribution in [0.1, 0.15) is 58.8 Å². The summed E-state index contributed by atoms with van der Waals surface area (Å²) in [6, 6.07) is 0. The Morgan fingerprint density at radius 1 is 1.21 bits per heavy atom. The zero-order valence-electron chi connectivity index (χ0n) is 9.72. The summed E-state index contributed by atoms with van der Waals surface area (Å²) in [5, 5.41) is 0. The topological polar surface area (TPSA) is 43.1 Å².